The number of carbonyl (C=O) groups excluding carboxylic acids is 1. The van der Waals surface area contributed by atoms with Crippen LogP contribution < -0.4 is 5.32 Å². The van der Waals surface area contributed by atoms with Crippen molar-refractivity contribution in [3.05, 3.63) is 66.4 Å². The van der Waals surface area contributed by atoms with Crippen molar-refractivity contribution in [1.82, 2.24) is 24.6 Å². The van der Waals surface area contributed by atoms with Gasteiger partial charge in [-0.15, -0.1) is 0 Å². The zero-order valence-electron chi connectivity index (χ0n) is 17.0. The van der Waals surface area contributed by atoms with E-state index in [9.17, 15) is 9.18 Å². The summed E-state index contributed by atoms with van der Waals surface area (Å²) in [5.74, 6) is 0.137. The minimum absolute atomic E-state index is 0.171. The van der Waals surface area contributed by atoms with E-state index in [1.165, 1.54) is 12.1 Å². The molecule has 6 nitrogen and oxygen atoms in total. The van der Waals surface area contributed by atoms with Crippen molar-refractivity contribution in [1.29, 1.82) is 0 Å². The lowest BCUT2D eigenvalue weighted by Gasteiger charge is -2.21. The monoisotopic (exact) mass is 397 g/mol. The minimum Gasteiger partial charge on any atom is -0.351 e. The second-order valence-corrected chi connectivity index (χ2v) is 6.96. The second kappa shape index (κ2) is 10.0. The fourth-order valence-corrected chi connectivity index (χ4v) is 3.39. The lowest BCUT2D eigenvalue weighted by molar-refractivity contribution is 0.0948. The molecule has 0 radical (unpaired) electrons. The molecule has 0 fully saturated rings. The van der Waals surface area contributed by atoms with E-state index in [-0.39, 0.29) is 11.7 Å². The number of hydrogen-bond acceptors (Lipinski definition) is 3. The molecule has 0 spiro atoms. The molecular weight excluding hydrogens is 369 g/mol. The molecule has 0 aliphatic heterocycles. The summed E-state index contributed by atoms with van der Waals surface area (Å²) in [5.41, 5.74) is 1.16. The third kappa shape index (κ3) is 5.12. The third-order valence-corrected chi connectivity index (χ3v) is 4.70. The van der Waals surface area contributed by atoms with Gasteiger partial charge >= 0.3 is 0 Å². The number of aromatic nitrogens is 3. The Balaban J connectivity index is 1.80. The summed E-state index contributed by atoms with van der Waals surface area (Å²) in [4.78, 5) is 15.3. The summed E-state index contributed by atoms with van der Waals surface area (Å²) < 4.78 is 16.8. The van der Waals surface area contributed by atoms with Gasteiger partial charge in [-0.3, -0.25) is 4.79 Å². The van der Waals surface area contributed by atoms with Crippen molar-refractivity contribution >= 4 is 5.91 Å². The van der Waals surface area contributed by atoms with Crippen molar-refractivity contribution < 1.29 is 9.18 Å². The topological polar surface area (TPSA) is 55.1 Å². The van der Waals surface area contributed by atoms with Crippen LogP contribution >= 0.6 is 0 Å². The van der Waals surface area contributed by atoms with Gasteiger partial charge in [0.1, 0.15) is 11.4 Å². The highest BCUT2D eigenvalue weighted by molar-refractivity contribution is 5.97. The van der Waals surface area contributed by atoms with E-state index in [1.807, 2.05) is 29.1 Å². The van der Waals surface area contributed by atoms with Gasteiger partial charge in [0, 0.05) is 25.5 Å². The molecule has 1 N–H and O–H groups in total. The fraction of sp³-hybridized carbons (Fsp3) is 0.364. The van der Waals surface area contributed by atoms with E-state index in [2.05, 4.69) is 29.2 Å². The van der Waals surface area contributed by atoms with Gasteiger partial charge < -0.3 is 14.8 Å². The molecule has 0 aliphatic carbocycles. The minimum atomic E-state index is -0.315. The molecule has 1 aromatic carbocycles. The van der Waals surface area contributed by atoms with Gasteiger partial charge in [-0.25, -0.2) is 9.07 Å². The van der Waals surface area contributed by atoms with Crippen LogP contribution in [0, 0.1) is 5.82 Å². The molecule has 0 atom stereocenters. The molecule has 7 heteroatoms. The first-order chi connectivity index (χ1) is 14.1. The molecule has 29 heavy (non-hydrogen) atoms. The second-order valence-electron chi connectivity index (χ2n) is 6.96. The van der Waals surface area contributed by atoms with Crippen LogP contribution in [0.1, 0.15) is 37.0 Å². The predicted octanol–water partition coefficient (Wildman–Crippen LogP) is 3.65. The quantitative estimate of drug-likeness (QED) is 0.568. The van der Waals surface area contributed by atoms with Crippen LogP contribution in [-0.2, 0) is 0 Å². The predicted molar refractivity (Wildman–Crippen MR) is 112 cm³/mol. The summed E-state index contributed by atoms with van der Waals surface area (Å²) in [5, 5.41) is 7.41. The molecule has 154 valence electrons. The average molecular weight is 397 g/mol. The Hall–Kier alpha value is -2.93. The number of rotatable bonds is 10. The molecule has 3 rings (SSSR count). The van der Waals surface area contributed by atoms with E-state index >= 15 is 0 Å². The number of hydrogen-bond donors (Lipinski definition) is 1. The Morgan fingerprint density at radius 3 is 2.34 bits per heavy atom. The Labute approximate surface area is 170 Å². The van der Waals surface area contributed by atoms with Gasteiger partial charge in [0.25, 0.3) is 5.91 Å². The zero-order valence-corrected chi connectivity index (χ0v) is 17.0. The van der Waals surface area contributed by atoms with Crippen molar-refractivity contribution in [2.75, 3.05) is 26.2 Å². The normalized spacial score (nSPS) is 11.2. The Morgan fingerprint density at radius 2 is 1.72 bits per heavy atom. The number of nitrogens with one attached hydrogen (secondary N) is 1. The van der Waals surface area contributed by atoms with Gasteiger partial charge in [-0.2, -0.15) is 5.10 Å². The van der Waals surface area contributed by atoms with Gasteiger partial charge in [0.15, 0.2) is 5.82 Å². The van der Waals surface area contributed by atoms with Crippen molar-refractivity contribution in [3.63, 3.8) is 0 Å². The summed E-state index contributed by atoms with van der Waals surface area (Å²) in [6.07, 6.45) is 7.46. The van der Waals surface area contributed by atoms with Crippen molar-refractivity contribution in [2.24, 2.45) is 0 Å². The molecule has 0 aliphatic rings. The number of nitrogens with zero attached hydrogens (tertiary/aromatic N) is 4. The van der Waals surface area contributed by atoms with E-state index in [4.69, 9.17) is 0 Å². The maximum atomic E-state index is 13.3. The summed E-state index contributed by atoms with van der Waals surface area (Å²) >= 11 is 0. The molecule has 2 aromatic heterocycles. The Morgan fingerprint density at radius 1 is 1.07 bits per heavy atom. The van der Waals surface area contributed by atoms with Crippen molar-refractivity contribution in [2.45, 2.75) is 26.7 Å². The lowest BCUT2D eigenvalue weighted by atomic mass is 10.2. The Kier molecular flexibility index (Phi) is 7.19. The van der Waals surface area contributed by atoms with E-state index < -0.39 is 0 Å². The smallest absolute Gasteiger partial charge is 0.256 e. The highest BCUT2D eigenvalue weighted by atomic mass is 19.1. The molecule has 2 heterocycles. The number of benzene rings is 1. The third-order valence-electron chi connectivity index (χ3n) is 4.70. The van der Waals surface area contributed by atoms with Crippen LogP contribution in [-0.4, -0.2) is 51.3 Å². The van der Waals surface area contributed by atoms with E-state index in [1.54, 1.807) is 23.0 Å². The largest absolute Gasteiger partial charge is 0.351 e. The van der Waals surface area contributed by atoms with Crippen LogP contribution in [0.2, 0.25) is 0 Å². The van der Waals surface area contributed by atoms with Crippen LogP contribution in [0.5, 0.6) is 0 Å². The molecular formula is C22H28FN5O. The maximum Gasteiger partial charge on any atom is 0.256 e. The maximum absolute atomic E-state index is 13.3. The van der Waals surface area contributed by atoms with Gasteiger partial charge in [0.05, 0.1) is 11.9 Å². The number of carbonyl (C=O) groups is 1. The highest BCUT2D eigenvalue weighted by Gasteiger charge is 2.20. The molecule has 1 amide bonds. The van der Waals surface area contributed by atoms with Gasteiger partial charge in [-0.05, 0) is 62.3 Å². The molecule has 0 saturated carbocycles. The number of halogens is 1. The average Bonchev–Trinajstić information content (AvgIpc) is 3.38. The lowest BCUT2D eigenvalue weighted by Crippen LogP contribution is -2.36. The van der Waals surface area contributed by atoms with Crippen molar-refractivity contribution in [3.8, 4) is 11.5 Å². The SMILES string of the molecule is CCCN(CCC)CCNC(=O)c1cnn(-c2ccc(F)cc2)c1-n1cccc1. The first-order valence-electron chi connectivity index (χ1n) is 10.1. The van der Waals surface area contributed by atoms with Gasteiger partial charge in [0.2, 0.25) is 0 Å². The molecule has 0 saturated heterocycles. The Bertz CT molecular complexity index is 896. The molecule has 0 unspecified atom stereocenters. The highest BCUT2D eigenvalue weighted by Crippen LogP contribution is 2.20. The van der Waals surface area contributed by atoms with E-state index in [0.717, 1.165) is 32.5 Å². The summed E-state index contributed by atoms with van der Waals surface area (Å²) in [6, 6.07) is 9.82. The van der Waals surface area contributed by atoms with Crippen LogP contribution in [0.4, 0.5) is 4.39 Å². The van der Waals surface area contributed by atoms with Gasteiger partial charge in [-0.1, -0.05) is 13.8 Å². The zero-order chi connectivity index (χ0) is 20.6. The van der Waals surface area contributed by atoms with Crippen LogP contribution in [0.25, 0.3) is 11.5 Å². The molecule has 0 bridgehead atoms. The first kappa shape index (κ1) is 20.8. The summed E-state index contributed by atoms with van der Waals surface area (Å²) in [7, 11) is 0. The molecule has 3 aromatic rings. The standard InChI is InChI=1S/C22H28FN5O/c1-3-12-26(13-4-2)16-11-24-21(29)20-17-25-28(19-9-7-18(23)8-10-19)22(20)27-14-5-6-15-27/h5-10,14-15,17H,3-4,11-13,16H2,1-2H3,(H,24,29). The first-order valence-corrected chi connectivity index (χ1v) is 10.1. The number of amides is 1. The van der Waals surface area contributed by atoms with Crippen LogP contribution in [0.15, 0.2) is 55.0 Å². The van der Waals surface area contributed by atoms with Crippen LogP contribution in [0.3, 0.4) is 0 Å². The van der Waals surface area contributed by atoms with E-state index in [0.29, 0.717) is 23.6 Å². The summed E-state index contributed by atoms with van der Waals surface area (Å²) in [6.45, 7) is 7.77. The fourth-order valence-electron chi connectivity index (χ4n) is 3.39.